The van der Waals surface area contributed by atoms with Crippen LogP contribution in [-0.4, -0.2) is 33.6 Å². The van der Waals surface area contributed by atoms with E-state index < -0.39 is 12.0 Å². The van der Waals surface area contributed by atoms with Gasteiger partial charge in [0.2, 0.25) is 5.82 Å². The molecule has 1 aliphatic heterocycles. The lowest BCUT2D eigenvalue weighted by Gasteiger charge is -2.24. The Labute approximate surface area is 120 Å². The van der Waals surface area contributed by atoms with Crippen molar-refractivity contribution < 1.29 is 13.2 Å². The van der Waals surface area contributed by atoms with Gasteiger partial charge in [-0.3, -0.25) is 0 Å². The van der Waals surface area contributed by atoms with E-state index in [0.717, 1.165) is 12.2 Å². The number of nitrogen functional groups attached to an aromatic ring is 1. The number of anilines is 2. The molecule has 1 aromatic rings. The van der Waals surface area contributed by atoms with Gasteiger partial charge in [0.25, 0.3) is 0 Å². The van der Waals surface area contributed by atoms with E-state index in [9.17, 15) is 13.2 Å². The van der Waals surface area contributed by atoms with Crippen molar-refractivity contribution in [2.24, 2.45) is 0 Å². The van der Waals surface area contributed by atoms with E-state index in [1.807, 2.05) is 16.7 Å². The molecule has 0 unspecified atom stereocenters. The number of hydrogen-bond acceptors (Lipinski definition) is 5. The van der Waals surface area contributed by atoms with Crippen molar-refractivity contribution in [2.75, 3.05) is 29.5 Å². The number of nitrogens with zero attached hydrogens (tertiary/aromatic N) is 3. The van der Waals surface area contributed by atoms with Crippen molar-refractivity contribution in [1.29, 1.82) is 0 Å². The van der Waals surface area contributed by atoms with E-state index in [1.165, 1.54) is 6.07 Å². The SMILES string of the molecule is CC1(C)CCN(c2cc(N)nc(C(F)(F)F)n2)CCS1. The van der Waals surface area contributed by atoms with Gasteiger partial charge in [-0.1, -0.05) is 13.8 Å². The average molecular weight is 306 g/mol. The Morgan fingerprint density at radius 1 is 1.30 bits per heavy atom. The molecule has 0 aliphatic carbocycles. The Morgan fingerprint density at radius 2 is 2.00 bits per heavy atom. The third-order valence-corrected chi connectivity index (χ3v) is 4.52. The first-order chi connectivity index (χ1) is 9.17. The summed E-state index contributed by atoms with van der Waals surface area (Å²) in [5, 5.41) is 0. The molecule has 4 nitrogen and oxygen atoms in total. The first kappa shape index (κ1) is 15.2. The molecule has 8 heteroatoms. The van der Waals surface area contributed by atoms with Crippen LogP contribution in [-0.2, 0) is 6.18 Å². The highest BCUT2D eigenvalue weighted by Crippen LogP contribution is 2.33. The van der Waals surface area contributed by atoms with Gasteiger partial charge in [0.05, 0.1) is 0 Å². The number of hydrogen-bond donors (Lipinski definition) is 1. The van der Waals surface area contributed by atoms with Gasteiger partial charge >= 0.3 is 6.18 Å². The van der Waals surface area contributed by atoms with E-state index >= 15 is 0 Å². The molecule has 0 amide bonds. The highest BCUT2D eigenvalue weighted by Gasteiger charge is 2.36. The first-order valence-corrected chi connectivity index (χ1v) is 7.27. The number of aromatic nitrogens is 2. The zero-order chi connectivity index (χ0) is 15.0. The largest absolute Gasteiger partial charge is 0.451 e. The second-order valence-electron chi connectivity index (χ2n) is 5.32. The molecule has 112 valence electrons. The van der Waals surface area contributed by atoms with Crippen LogP contribution in [0.3, 0.4) is 0 Å². The number of alkyl halides is 3. The van der Waals surface area contributed by atoms with Crippen LogP contribution in [0.25, 0.3) is 0 Å². The number of thioether (sulfide) groups is 1. The molecule has 0 saturated carbocycles. The fourth-order valence-corrected chi connectivity index (χ4v) is 3.09. The molecule has 0 bridgehead atoms. The normalized spacial score (nSPS) is 19.8. The van der Waals surface area contributed by atoms with Crippen LogP contribution in [0.1, 0.15) is 26.1 Å². The maximum absolute atomic E-state index is 12.7. The van der Waals surface area contributed by atoms with Crippen LogP contribution in [0.4, 0.5) is 24.8 Å². The van der Waals surface area contributed by atoms with Gasteiger partial charge in [0.1, 0.15) is 11.6 Å². The molecule has 20 heavy (non-hydrogen) atoms. The molecular formula is C12H17F3N4S. The number of halogens is 3. The van der Waals surface area contributed by atoms with E-state index in [-0.39, 0.29) is 16.4 Å². The fourth-order valence-electron chi connectivity index (χ4n) is 1.99. The highest BCUT2D eigenvalue weighted by molar-refractivity contribution is 8.00. The molecule has 0 atom stereocenters. The summed E-state index contributed by atoms with van der Waals surface area (Å²) >= 11 is 1.82. The quantitative estimate of drug-likeness (QED) is 0.864. The van der Waals surface area contributed by atoms with Gasteiger partial charge < -0.3 is 10.6 Å². The Bertz CT molecular complexity index is 490. The summed E-state index contributed by atoms with van der Waals surface area (Å²) in [5.74, 6) is -0.233. The third kappa shape index (κ3) is 3.68. The lowest BCUT2D eigenvalue weighted by Crippen LogP contribution is -2.29. The van der Waals surface area contributed by atoms with Crippen molar-refractivity contribution in [1.82, 2.24) is 9.97 Å². The standard InChI is InChI=1S/C12H17F3N4S/c1-11(2)3-4-19(5-6-20-11)9-7-8(16)17-10(18-9)12(13,14)15/h7H,3-6H2,1-2H3,(H2,16,17,18). The Balaban J connectivity index is 2.26. The topological polar surface area (TPSA) is 55.0 Å². The minimum atomic E-state index is -4.58. The highest BCUT2D eigenvalue weighted by atomic mass is 32.2. The molecule has 1 aromatic heterocycles. The van der Waals surface area contributed by atoms with Gasteiger partial charge in [-0.2, -0.15) is 24.9 Å². The van der Waals surface area contributed by atoms with Gasteiger partial charge in [-0.15, -0.1) is 0 Å². The van der Waals surface area contributed by atoms with Gasteiger partial charge in [0, 0.05) is 29.7 Å². The van der Waals surface area contributed by atoms with E-state index in [4.69, 9.17) is 5.73 Å². The molecule has 2 N–H and O–H groups in total. The molecule has 1 aliphatic rings. The Hall–Kier alpha value is -1.18. The minimum Gasteiger partial charge on any atom is -0.384 e. The smallest absolute Gasteiger partial charge is 0.384 e. The number of rotatable bonds is 1. The Morgan fingerprint density at radius 3 is 2.65 bits per heavy atom. The van der Waals surface area contributed by atoms with Crippen LogP contribution in [0, 0.1) is 0 Å². The fraction of sp³-hybridized carbons (Fsp3) is 0.667. The summed E-state index contributed by atoms with van der Waals surface area (Å²) in [6.07, 6.45) is -3.70. The first-order valence-electron chi connectivity index (χ1n) is 6.28. The van der Waals surface area contributed by atoms with Crippen molar-refractivity contribution in [3.63, 3.8) is 0 Å². The predicted molar refractivity (Wildman–Crippen MR) is 74.8 cm³/mol. The average Bonchev–Trinajstić information content (AvgIpc) is 2.48. The van der Waals surface area contributed by atoms with Gasteiger partial charge in [-0.25, -0.2) is 9.97 Å². The second-order valence-corrected chi connectivity index (χ2v) is 7.12. The van der Waals surface area contributed by atoms with E-state index in [0.29, 0.717) is 13.1 Å². The third-order valence-electron chi connectivity index (χ3n) is 3.15. The van der Waals surface area contributed by atoms with Crippen molar-refractivity contribution in [3.05, 3.63) is 11.9 Å². The van der Waals surface area contributed by atoms with Crippen LogP contribution in [0.15, 0.2) is 6.07 Å². The lowest BCUT2D eigenvalue weighted by atomic mass is 10.1. The summed E-state index contributed by atoms with van der Waals surface area (Å²) < 4.78 is 38.3. The molecule has 2 heterocycles. The summed E-state index contributed by atoms with van der Waals surface area (Å²) in [6.45, 7) is 5.59. The molecular weight excluding hydrogens is 289 g/mol. The molecule has 0 spiro atoms. The Kier molecular flexibility index (Phi) is 4.04. The summed E-state index contributed by atoms with van der Waals surface area (Å²) in [5.41, 5.74) is 5.47. The summed E-state index contributed by atoms with van der Waals surface area (Å²) in [7, 11) is 0. The molecule has 2 rings (SSSR count). The van der Waals surface area contributed by atoms with Crippen LogP contribution < -0.4 is 10.6 Å². The zero-order valence-corrected chi connectivity index (χ0v) is 12.2. The van der Waals surface area contributed by atoms with Gasteiger partial charge in [-0.05, 0) is 6.42 Å². The predicted octanol–water partition coefficient (Wildman–Crippen LogP) is 2.80. The van der Waals surface area contributed by atoms with Gasteiger partial charge in [0.15, 0.2) is 0 Å². The molecule has 1 saturated heterocycles. The van der Waals surface area contributed by atoms with Crippen molar-refractivity contribution in [3.8, 4) is 0 Å². The monoisotopic (exact) mass is 306 g/mol. The maximum atomic E-state index is 12.7. The van der Waals surface area contributed by atoms with Crippen LogP contribution in [0.2, 0.25) is 0 Å². The lowest BCUT2D eigenvalue weighted by molar-refractivity contribution is -0.144. The second kappa shape index (κ2) is 5.31. The maximum Gasteiger partial charge on any atom is 0.451 e. The van der Waals surface area contributed by atoms with Crippen molar-refractivity contribution in [2.45, 2.75) is 31.2 Å². The molecule has 1 fully saturated rings. The number of nitrogens with two attached hydrogens (primary N) is 1. The van der Waals surface area contributed by atoms with Crippen molar-refractivity contribution >= 4 is 23.4 Å². The summed E-state index contributed by atoms with van der Waals surface area (Å²) in [4.78, 5) is 8.72. The van der Waals surface area contributed by atoms with Crippen LogP contribution in [0.5, 0.6) is 0 Å². The zero-order valence-electron chi connectivity index (χ0n) is 11.4. The molecule has 0 aromatic carbocycles. The van der Waals surface area contributed by atoms with E-state index in [2.05, 4.69) is 23.8 Å². The molecule has 0 radical (unpaired) electrons. The van der Waals surface area contributed by atoms with E-state index in [1.54, 1.807) is 0 Å². The van der Waals surface area contributed by atoms with Crippen LogP contribution >= 0.6 is 11.8 Å². The summed E-state index contributed by atoms with van der Waals surface area (Å²) in [6, 6.07) is 1.40. The minimum absolute atomic E-state index is 0.125.